The number of morpholine rings is 1. The third kappa shape index (κ3) is 3.81. The van der Waals surface area contributed by atoms with Gasteiger partial charge in [0.05, 0.1) is 25.5 Å². The third-order valence-electron chi connectivity index (χ3n) is 4.92. The summed E-state index contributed by atoms with van der Waals surface area (Å²) in [6, 6.07) is 9.50. The van der Waals surface area contributed by atoms with Crippen LogP contribution < -0.4 is 5.32 Å². The number of ether oxygens (including phenoxy) is 1. The standard InChI is InChI=1S/C20H21BrN2O4/c1-13-15-11-14(21)4-5-17(15)27-19(13)20(24)22-12-16(18-3-2-8-26-18)23-6-9-25-10-7-23/h2-5,8,11,16H,6-7,9-10,12H2,1H3,(H,22,24)/t16-/m0/s1. The van der Waals surface area contributed by atoms with Gasteiger partial charge in [0, 0.05) is 35.1 Å². The monoisotopic (exact) mass is 432 g/mol. The third-order valence-corrected chi connectivity index (χ3v) is 5.41. The summed E-state index contributed by atoms with van der Waals surface area (Å²) in [6.45, 7) is 5.31. The van der Waals surface area contributed by atoms with Crippen molar-refractivity contribution in [2.24, 2.45) is 0 Å². The molecule has 0 bridgehead atoms. The minimum absolute atomic E-state index is 0.0355. The van der Waals surface area contributed by atoms with E-state index in [4.69, 9.17) is 13.6 Å². The summed E-state index contributed by atoms with van der Waals surface area (Å²) < 4.78 is 17.8. The van der Waals surface area contributed by atoms with Crippen LogP contribution in [0.2, 0.25) is 0 Å². The van der Waals surface area contributed by atoms with Crippen LogP contribution in [-0.2, 0) is 4.74 Å². The van der Waals surface area contributed by atoms with E-state index in [9.17, 15) is 4.79 Å². The molecule has 1 aliphatic rings. The average Bonchev–Trinajstić information content (AvgIpc) is 3.32. The first-order valence-corrected chi connectivity index (χ1v) is 9.75. The van der Waals surface area contributed by atoms with Crippen molar-refractivity contribution in [1.82, 2.24) is 10.2 Å². The number of benzene rings is 1. The maximum atomic E-state index is 12.8. The van der Waals surface area contributed by atoms with E-state index in [0.717, 1.165) is 34.3 Å². The normalized spacial score (nSPS) is 16.5. The first-order chi connectivity index (χ1) is 13.1. The van der Waals surface area contributed by atoms with Gasteiger partial charge in [-0.1, -0.05) is 15.9 Å². The van der Waals surface area contributed by atoms with Crippen molar-refractivity contribution in [3.63, 3.8) is 0 Å². The van der Waals surface area contributed by atoms with E-state index in [1.54, 1.807) is 6.26 Å². The Balaban J connectivity index is 1.52. The molecular formula is C20H21BrN2O4. The van der Waals surface area contributed by atoms with E-state index in [2.05, 4.69) is 26.1 Å². The van der Waals surface area contributed by atoms with Gasteiger partial charge in [0.15, 0.2) is 5.76 Å². The Morgan fingerprint density at radius 3 is 2.85 bits per heavy atom. The number of amides is 1. The van der Waals surface area contributed by atoms with Crippen molar-refractivity contribution < 1.29 is 18.4 Å². The smallest absolute Gasteiger partial charge is 0.287 e. The molecule has 0 unspecified atom stereocenters. The lowest BCUT2D eigenvalue weighted by atomic mass is 10.1. The number of fused-ring (bicyclic) bond motifs is 1. The molecule has 6 nitrogen and oxygen atoms in total. The Bertz CT molecular complexity index is 929. The fraction of sp³-hybridized carbons (Fsp3) is 0.350. The SMILES string of the molecule is Cc1c(C(=O)NC[C@@H](c2ccco2)N2CCOCC2)oc2ccc(Br)cc12. The number of carbonyl (C=O) groups excluding carboxylic acids is 1. The highest BCUT2D eigenvalue weighted by atomic mass is 79.9. The lowest BCUT2D eigenvalue weighted by Crippen LogP contribution is -2.43. The molecule has 3 heterocycles. The van der Waals surface area contributed by atoms with Gasteiger partial charge in [-0.2, -0.15) is 0 Å². The zero-order valence-corrected chi connectivity index (χ0v) is 16.6. The van der Waals surface area contributed by atoms with Gasteiger partial charge in [-0.3, -0.25) is 9.69 Å². The molecule has 3 aromatic rings. The van der Waals surface area contributed by atoms with Crippen LogP contribution in [0.4, 0.5) is 0 Å². The molecule has 1 atom stereocenters. The van der Waals surface area contributed by atoms with Crippen LogP contribution in [0.15, 0.2) is 49.9 Å². The fourth-order valence-corrected chi connectivity index (χ4v) is 3.82. The van der Waals surface area contributed by atoms with Crippen molar-refractivity contribution in [2.75, 3.05) is 32.8 Å². The van der Waals surface area contributed by atoms with Crippen molar-refractivity contribution in [3.8, 4) is 0 Å². The predicted molar refractivity (Wildman–Crippen MR) is 105 cm³/mol. The summed E-state index contributed by atoms with van der Waals surface area (Å²) in [5, 5.41) is 3.95. The molecule has 142 valence electrons. The molecule has 1 saturated heterocycles. The Kier molecular flexibility index (Phi) is 5.33. The van der Waals surface area contributed by atoms with E-state index < -0.39 is 0 Å². The second-order valence-electron chi connectivity index (χ2n) is 6.59. The highest BCUT2D eigenvalue weighted by Gasteiger charge is 2.26. The predicted octanol–water partition coefficient (Wildman–Crippen LogP) is 3.90. The van der Waals surface area contributed by atoms with Gasteiger partial charge in [-0.05, 0) is 37.3 Å². The minimum atomic E-state index is -0.218. The Labute approximate surface area is 165 Å². The summed E-state index contributed by atoms with van der Waals surface area (Å²) in [5.41, 5.74) is 1.54. The highest BCUT2D eigenvalue weighted by Crippen LogP contribution is 2.28. The van der Waals surface area contributed by atoms with E-state index >= 15 is 0 Å². The summed E-state index contributed by atoms with van der Waals surface area (Å²) in [5.74, 6) is 0.968. The van der Waals surface area contributed by atoms with Gasteiger partial charge in [-0.15, -0.1) is 0 Å². The van der Waals surface area contributed by atoms with Gasteiger partial charge in [0.1, 0.15) is 11.3 Å². The quantitative estimate of drug-likeness (QED) is 0.661. The molecule has 1 fully saturated rings. The number of hydrogen-bond donors (Lipinski definition) is 1. The van der Waals surface area contributed by atoms with Crippen LogP contribution in [0.25, 0.3) is 11.0 Å². The number of rotatable bonds is 5. The van der Waals surface area contributed by atoms with Gasteiger partial charge in [0.25, 0.3) is 5.91 Å². The molecule has 0 saturated carbocycles. The van der Waals surface area contributed by atoms with Crippen LogP contribution in [0.1, 0.15) is 27.9 Å². The molecule has 4 rings (SSSR count). The maximum Gasteiger partial charge on any atom is 0.287 e. The van der Waals surface area contributed by atoms with Crippen LogP contribution >= 0.6 is 15.9 Å². The molecule has 0 radical (unpaired) electrons. The van der Waals surface area contributed by atoms with Crippen LogP contribution in [0.3, 0.4) is 0 Å². The minimum Gasteiger partial charge on any atom is -0.468 e. The highest BCUT2D eigenvalue weighted by molar-refractivity contribution is 9.10. The zero-order chi connectivity index (χ0) is 18.8. The Morgan fingerprint density at radius 2 is 2.11 bits per heavy atom. The number of halogens is 1. The van der Waals surface area contributed by atoms with Crippen LogP contribution in [0, 0.1) is 6.92 Å². The van der Waals surface area contributed by atoms with Gasteiger partial charge in [-0.25, -0.2) is 0 Å². The maximum absolute atomic E-state index is 12.8. The van der Waals surface area contributed by atoms with Crippen molar-refractivity contribution >= 4 is 32.8 Å². The van der Waals surface area contributed by atoms with Gasteiger partial charge < -0.3 is 18.9 Å². The molecule has 1 aromatic carbocycles. The molecule has 27 heavy (non-hydrogen) atoms. The van der Waals surface area contributed by atoms with E-state index in [1.807, 2.05) is 37.3 Å². The molecule has 1 amide bonds. The first kappa shape index (κ1) is 18.3. The molecule has 7 heteroatoms. The van der Waals surface area contributed by atoms with Crippen molar-refractivity contribution in [3.05, 3.63) is 58.2 Å². The molecule has 1 N–H and O–H groups in total. The largest absolute Gasteiger partial charge is 0.468 e. The van der Waals surface area contributed by atoms with E-state index in [1.165, 1.54) is 0 Å². The van der Waals surface area contributed by atoms with Crippen molar-refractivity contribution in [1.29, 1.82) is 0 Å². The topological polar surface area (TPSA) is 67.9 Å². The second-order valence-corrected chi connectivity index (χ2v) is 7.50. The van der Waals surface area contributed by atoms with E-state index in [0.29, 0.717) is 31.1 Å². The Hall–Kier alpha value is -2.09. The zero-order valence-electron chi connectivity index (χ0n) is 15.0. The average molecular weight is 433 g/mol. The number of hydrogen-bond acceptors (Lipinski definition) is 5. The molecule has 1 aliphatic heterocycles. The molecule has 0 spiro atoms. The summed E-state index contributed by atoms with van der Waals surface area (Å²) in [6.07, 6.45) is 1.66. The molecule has 2 aromatic heterocycles. The molecule has 0 aliphatic carbocycles. The van der Waals surface area contributed by atoms with Crippen LogP contribution in [0.5, 0.6) is 0 Å². The number of nitrogens with one attached hydrogen (secondary N) is 1. The number of furan rings is 2. The number of nitrogens with zero attached hydrogens (tertiary/aromatic N) is 1. The Morgan fingerprint density at radius 1 is 1.30 bits per heavy atom. The second kappa shape index (κ2) is 7.88. The lowest BCUT2D eigenvalue weighted by molar-refractivity contribution is 0.0117. The van der Waals surface area contributed by atoms with Gasteiger partial charge in [0.2, 0.25) is 0 Å². The van der Waals surface area contributed by atoms with Gasteiger partial charge >= 0.3 is 0 Å². The summed E-state index contributed by atoms with van der Waals surface area (Å²) >= 11 is 3.46. The molecular weight excluding hydrogens is 412 g/mol. The summed E-state index contributed by atoms with van der Waals surface area (Å²) in [4.78, 5) is 15.1. The van der Waals surface area contributed by atoms with E-state index in [-0.39, 0.29) is 11.9 Å². The number of carbonyl (C=O) groups is 1. The fourth-order valence-electron chi connectivity index (χ4n) is 3.46. The lowest BCUT2D eigenvalue weighted by Gasteiger charge is -2.33. The summed E-state index contributed by atoms with van der Waals surface area (Å²) in [7, 11) is 0. The first-order valence-electron chi connectivity index (χ1n) is 8.95. The number of aryl methyl sites for hydroxylation is 1. The van der Waals surface area contributed by atoms with Crippen molar-refractivity contribution in [2.45, 2.75) is 13.0 Å². The van der Waals surface area contributed by atoms with Crippen LogP contribution in [-0.4, -0.2) is 43.7 Å².